The summed E-state index contributed by atoms with van der Waals surface area (Å²) >= 11 is 0. The van der Waals surface area contributed by atoms with Crippen LogP contribution >= 0.6 is 0 Å². The zero-order valence-electron chi connectivity index (χ0n) is 41.3. The molecule has 2 fully saturated rings. The van der Waals surface area contributed by atoms with Crippen LogP contribution < -0.4 is 5.32 Å². The lowest BCUT2D eigenvalue weighted by atomic mass is 9.72. The van der Waals surface area contributed by atoms with Gasteiger partial charge in [-0.2, -0.15) is 0 Å². The van der Waals surface area contributed by atoms with Crippen molar-refractivity contribution in [3.05, 3.63) is 71.8 Å². The number of piperidine rings is 1. The summed E-state index contributed by atoms with van der Waals surface area (Å²) in [7, 11) is 0. The van der Waals surface area contributed by atoms with Crippen molar-refractivity contribution in [2.24, 2.45) is 0 Å². The molecule has 2 aromatic carbocycles. The van der Waals surface area contributed by atoms with Gasteiger partial charge in [0.05, 0.1) is 6.61 Å². The minimum absolute atomic E-state index is 0.0576. The molecule has 67 heavy (non-hydrogen) atoms. The van der Waals surface area contributed by atoms with Crippen LogP contribution in [0.3, 0.4) is 0 Å². The van der Waals surface area contributed by atoms with E-state index in [0.29, 0.717) is 18.4 Å². The molecular formula is C55H87N3O9. The maximum atomic E-state index is 15.1. The van der Waals surface area contributed by atoms with Gasteiger partial charge in [0, 0.05) is 25.9 Å². The summed E-state index contributed by atoms with van der Waals surface area (Å²) in [5.41, 5.74) is -0.916. The number of rotatable bonds is 34. The molecule has 376 valence electrons. The second-order valence-corrected chi connectivity index (χ2v) is 19.2. The number of likely N-dealkylation sites (tertiary alicyclic amines) is 1. The first-order valence-electron chi connectivity index (χ1n) is 26.5. The topological polar surface area (TPSA) is 166 Å². The van der Waals surface area contributed by atoms with Gasteiger partial charge in [0.2, 0.25) is 11.8 Å². The van der Waals surface area contributed by atoms with Crippen LogP contribution in [0.1, 0.15) is 198 Å². The summed E-state index contributed by atoms with van der Waals surface area (Å²) in [5, 5.41) is 37.0. The summed E-state index contributed by atoms with van der Waals surface area (Å²) in [4.78, 5) is 60.5. The average molecular weight is 934 g/mol. The number of aliphatic hydroxyl groups is 3. The lowest BCUT2D eigenvalue weighted by Crippen LogP contribution is -2.83. The van der Waals surface area contributed by atoms with Crippen LogP contribution in [0.25, 0.3) is 0 Å². The van der Waals surface area contributed by atoms with Gasteiger partial charge in [-0.25, -0.2) is 4.79 Å². The largest absolute Gasteiger partial charge is 0.445 e. The van der Waals surface area contributed by atoms with Crippen molar-refractivity contribution in [3.63, 3.8) is 0 Å². The normalized spacial score (nSPS) is 21.7. The molecule has 0 bridgehead atoms. The number of benzene rings is 2. The third-order valence-electron chi connectivity index (χ3n) is 13.9. The van der Waals surface area contributed by atoms with Crippen molar-refractivity contribution < 1.29 is 44.0 Å². The number of hydrogen-bond donors (Lipinski definition) is 4. The Hall–Kier alpha value is -3.84. The molecule has 3 amide bonds. The number of ether oxygens (including phenoxy) is 2. The molecule has 6 atom stereocenters. The van der Waals surface area contributed by atoms with Crippen molar-refractivity contribution >= 4 is 23.7 Å². The van der Waals surface area contributed by atoms with E-state index in [2.05, 4.69) is 19.2 Å². The minimum atomic E-state index is -2.27. The number of alkyl carbamates (subject to hydrolysis) is 1. The fraction of sp³-hybridized carbons (Fsp3) is 0.709. The molecule has 4 N–H and O–H groups in total. The van der Waals surface area contributed by atoms with Crippen molar-refractivity contribution in [2.45, 2.75) is 236 Å². The third-order valence-corrected chi connectivity index (χ3v) is 13.9. The summed E-state index contributed by atoms with van der Waals surface area (Å²) in [6.07, 6.45) is 20.7. The predicted molar refractivity (Wildman–Crippen MR) is 264 cm³/mol. The van der Waals surface area contributed by atoms with E-state index in [1.54, 1.807) is 36.4 Å². The molecule has 2 heterocycles. The second-order valence-electron chi connectivity index (χ2n) is 19.2. The summed E-state index contributed by atoms with van der Waals surface area (Å²) in [6, 6.07) is 16.6. The zero-order chi connectivity index (χ0) is 48.1. The lowest BCUT2D eigenvalue weighted by molar-refractivity contribution is -0.278. The average Bonchev–Trinajstić information content (AvgIpc) is 3.34. The van der Waals surface area contributed by atoms with Gasteiger partial charge in [0.15, 0.2) is 17.6 Å². The second kappa shape index (κ2) is 32.1. The molecule has 12 heteroatoms. The van der Waals surface area contributed by atoms with E-state index in [1.165, 1.54) is 113 Å². The molecule has 2 aliphatic heterocycles. The Kier molecular flexibility index (Phi) is 26.7. The van der Waals surface area contributed by atoms with Crippen molar-refractivity contribution in [1.82, 2.24) is 15.1 Å². The number of nitrogens with zero attached hydrogens (tertiary/aromatic N) is 2. The molecule has 1 spiro atoms. The minimum Gasteiger partial charge on any atom is -0.445 e. The third kappa shape index (κ3) is 17.9. The first kappa shape index (κ1) is 55.8. The smallest absolute Gasteiger partial charge is 0.408 e. The highest BCUT2D eigenvalue weighted by atomic mass is 16.6. The maximum absolute atomic E-state index is 15.1. The Bertz CT molecular complexity index is 1680. The quantitative estimate of drug-likeness (QED) is 0.0500. The number of Topliss-reactive ketones (excluding diaryl/α,β-unsaturated/α-hetero) is 1. The van der Waals surface area contributed by atoms with Gasteiger partial charge in [-0.1, -0.05) is 222 Å². The molecule has 12 nitrogen and oxygen atoms in total. The standard InChI is InChI=1S/C55H87N3O9/c1-3-5-7-9-11-13-15-16-17-18-19-20-22-24-32-38-49(61)57(39-33-25-23-21-14-12-10-8-6-4-2)53-55(51(63)50(62)47(42-59)67-53)48(60)40-46(52(64)58(55)41-44-34-28-26-29-35-44)56-54(65)66-43-45-36-30-27-31-37-45/h26-31,34-37,46-47,50-51,53,59,62-63H,3-25,32-33,38-43H2,1-2H3,(H,56,65)/t46-,47+,50+,51-,53+,55?/m0/s1. The first-order valence-corrected chi connectivity index (χ1v) is 26.5. The van der Waals surface area contributed by atoms with Gasteiger partial charge in [-0.3, -0.25) is 14.4 Å². The lowest BCUT2D eigenvalue weighted by Gasteiger charge is -2.59. The van der Waals surface area contributed by atoms with Crippen LogP contribution in [-0.2, 0) is 37.0 Å². The van der Waals surface area contributed by atoms with Gasteiger partial charge in [0.1, 0.15) is 31.0 Å². The van der Waals surface area contributed by atoms with E-state index in [-0.39, 0.29) is 32.0 Å². The van der Waals surface area contributed by atoms with E-state index in [0.717, 1.165) is 50.5 Å². The van der Waals surface area contributed by atoms with Crippen molar-refractivity contribution in [3.8, 4) is 0 Å². The molecular weight excluding hydrogens is 847 g/mol. The van der Waals surface area contributed by atoms with Crippen LogP contribution in [-0.4, -0.2) is 98.1 Å². The number of aliphatic hydroxyl groups excluding tert-OH is 3. The molecule has 0 aliphatic carbocycles. The Morgan fingerprint density at radius 1 is 0.687 bits per heavy atom. The van der Waals surface area contributed by atoms with Gasteiger partial charge in [-0.05, 0) is 24.0 Å². The molecule has 1 unspecified atom stereocenters. The van der Waals surface area contributed by atoms with E-state index in [9.17, 15) is 29.7 Å². The van der Waals surface area contributed by atoms with Crippen LogP contribution in [0.2, 0.25) is 0 Å². The number of nitrogens with one attached hydrogen (secondary N) is 1. The first-order chi connectivity index (χ1) is 32.7. The molecule has 0 radical (unpaired) electrons. The Labute approximate surface area is 402 Å². The van der Waals surface area contributed by atoms with Crippen molar-refractivity contribution in [2.75, 3.05) is 13.2 Å². The van der Waals surface area contributed by atoms with Gasteiger partial charge in [-0.15, -0.1) is 0 Å². The molecule has 2 saturated heterocycles. The molecule has 4 rings (SSSR count). The van der Waals surface area contributed by atoms with E-state index in [4.69, 9.17) is 9.47 Å². The van der Waals surface area contributed by atoms with Crippen molar-refractivity contribution in [1.29, 1.82) is 0 Å². The number of unbranched alkanes of at least 4 members (excludes halogenated alkanes) is 23. The SMILES string of the molecule is CCCCCCCCCCCCCCCCCC(=O)N(CCCCCCCCCCCC)[C@@H]1O[C@H](CO)[C@@H](O)[C@H](O)C12C(=O)C[C@H](NC(=O)OCc1ccccc1)C(=O)N2Cc1ccccc1. The monoisotopic (exact) mass is 934 g/mol. The van der Waals surface area contributed by atoms with Crippen LogP contribution in [0.15, 0.2) is 60.7 Å². The summed E-state index contributed by atoms with van der Waals surface area (Å²) in [6.45, 7) is 3.71. The van der Waals surface area contributed by atoms with Gasteiger partial charge in [0.25, 0.3) is 0 Å². The summed E-state index contributed by atoms with van der Waals surface area (Å²) < 4.78 is 11.9. The number of ketones is 1. The zero-order valence-corrected chi connectivity index (χ0v) is 41.3. The van der Waals surface area contributed by atoms with Crippen LogP contribution in [0, 0.1) is 0 Å². The van der Waals surface area contributed by atoms with E-state index < -0.39 is 66.9 Å². The predicted octanol–water partition coefficient (Wildman–Crippen LogP) is 10.5. The fourth-order valence-corrected chi connectivity index (χ4v) is 9.90. The molecule has 2 aromatic rings. The highest BCUT2D eigenvalue weighted by Gasteiger charge is 2.68. The highest BCUT2D eigenvalue weighted by molar-refractivity contribution is 6.04. The number of carbonyl (C=O) groups excluding carboxylic acids is 4. The summed E-state index contributed by atoms with van der Waals surface area (Å²) in [5.74, 6) is -1.66. The molecule has 2 aliphatic rings. The van der Waals surface area contributed by atoms with Crippen LogP contribution in [0.5, 0.6) is 0 Å². The highest BCUT2D eigenvalue weighted by Crippen LogP contribution is 2.43. The Balaban J connectivity index is 1.52. The van der Waals surface area contributed by atoms with Gasteiger partial charge >= 0.3 is 6.09 Å². The Morgan fingerprint density at radius 2 is 1.15 bits per heavy atom. The molecule has 0 saturated carbocycles. The number of hydrogen-bond acceptors (Lipinski definition) is 9. The number of amides is 3. The van der Waals surface area contributed by atoms with Gasteiger partial charge < -0.3 is 39.9 Å². The van der Waals surface area contributed by atoms with E-state index in [1.807, 2.05) is 24.3 Å². The van der Waals surface area contributed by atoms with Crippen LogP contribution in [0.4, 0.5) is 4.79 Å². The maximum Gasteiger partial charge on any atom is 0.408 e. The Morgan fingerprint density at radius 3 is 1.64 bits per heavy atom. The molecule has 0 aromatic heterocycles. The number of carbonyl (C=O) groups is 4. The van der Waals surface area contributed by atoms with E-state index >= 15 is 4.79 Å². The fourth-order valence-electron chi connectivity index (χ4n) is 9.90.